The lowest BCUT2D eigenvalue weighted by molar-refractivity contribution is -0.128. The zero-order chi connectivity index (χ0) is 22.3. The highest BCUT2D eigenvalue weighted by atomic mass is 32.2. The van der Waals surface area contributed by atoms with Gasteiger partial charge in [-0.2, -0.15) is 4.31 Å². The molecule has 0 bridgehead atoms. The molecule has 2 aromatic rings. The van der Waals surface area contributed by atoms with E-state index >= 15 is 0 Å². The number of carbonyl (C=O) groups excluding carboxylic acids is 1. The van der Waals surface area contributed by atoms with Crippen LogP contribution in [-0.2, 0) is 14.8 Å². The maximum atomic E-state index is 12.5. The van der Waals surface area contributed by atoms with Crippen LogP contribution < -0.4 is 14.8 Å². The molecule has 31 heavy (non-hydrogen) atoms. The van der Waals surface area contributed by atoms with E-state index in [0.29, 0.717) is 37.6 Å². The van der Waals surface area contributed by atoms with Gasteiger partial charge in [0.1, 0.15) is 18.1 Å². The molecule has 1 N–H and O–H groups in total. The lowest BCUT2D eigenvalue weighted by Crippen LogP contribution is -2.39. The van der Waals surface area contributed by atoms with Crippen molar-refractivity contribution in [3.8, 4) is 11.5 Å². The molecule has 2 aromatic carbocycles. The predicted molar refractivity (Wildman–Crippen MR) is 119 cm³/mol. The van der Waals surface area contributed by atoms with Gasteiger partial charge in [0.15, 0.2) is 6.10 Å². The molecule has 0 radical (unpaired) electrons. The van der Waals surface area contributed by atoms with Crippen LogP contribution in [0.4, 0.5) is 0 Å². The van der Waals surface area contributed by atoms with Gasteiger partial charge in [-0.1, -0.05) is 24.6 Å². The smallest absolute Gasteiger partial charge is 0.261 e. The Morgan fingerprint density at radius 1 is 1.03 bits per heavy atom. The van der Waals surface area contributed by atoms with E-state index < -0.39 is 16.1 Å². The molecule has 1 atom stereocenters. The van der Waals surface area contributed by atoms with Crippen LogP contribution >= 0.6 is 0 Å². The summed E-state index contributed by atoms with van der Waals surface area (Å²) in [5.74, 6) is 1.02. The van der Waals surface area contributed by atoms with Gasteiger partial charge in [0, 0.05) is 13.1 Å². The second-order valence-electron chi connectivity index (χ2n) is 7.55. The van der Waals surface area contributed by atoms with E-state index in [0.717, 1.165) is 18.4 Å². The average Bonchev–Trinajstić information content (AvgIpc) is 3.32. The predicted octanol–water partition coefficient (Wildman–Crippen LogP) is 3.13. The molecule has 0 spiro atoms. The molecule has 1 heterocycles. The maximum Gasteiger partial charge on any atom is 0.261 e. The summed E-state index contributed by atoms with van der Waals surface area (Å²) in [6, 6.07) is 14.0. The fourth-order valence-corrected chi connectivity index (χ4v) is 4.86. The van der Waals surface area contributed by atoms with Crippen molar-refractivity contribution < 1.29 is 22.7 Å². The summed E-state index contributed by atoms with van der Waals surface area (Å²) in [5, 5.41) is 2.82. The SMILES string of the molecule is CC[C@H](Oc1ccc(C)cc1)C(=O)NCCOc1ccc(S(=O)(=O)N2CCCC2)cc1. The first kappa shape index (κ1) is 23.1. The Hall–Kier alpha value is -2.58. The minimum absolute atomic E-state index is 0.196. The van der Waals surface area contributed by atoms with Gasteiger partial charge in [-0.15, -0.1) is 0 Å². The molecule has 168 valence electrons. The summed E-state index contributed by atoms with van der Waals surface area (Å²) in [4.78, 5) is 12.6. The number of aryl methyl sites for hydroxylation is 1. The summed E-state index contributed by atoms with van der Waals surface area (Å²) in [6.45, 7) is 5.63. The van der Waals surface area contributed by atoms with Crippen LogP contribution in [0.2, 0.25) is 0 Å². The van der Waals surface area contributed by atoms with Gasteiger partial charge in [0.25, 0.3) is 5.91 Å². The van der Waals surface area contributed by atoms with Gasteiger partial charge in [-0.05, 0) is 62.6 Å². The van der Waals surface area contributed by atoms with Crippen LogP contribution in [0.3, 0.4) is 0 Å². The summed E-state index contributed by atoms with van der Waals surface area (Å²) in [6.07, 6.45) is 1.79. The first-order chi connectivity index (χ1) is 14.9. The van der Waals surface area contributed by atoms with Crippen molar-refractivity contribution in [3.63, 3.8) is 0 Å². The van der Waals surface area contributed by atoms with Gasteiger partial charge in [-0.25, -0.2) is 8.42 Å². The standard InChI is InChI=1S/C23H30N2O5S/c1-3-22(30-20-8-6-18(2)7-9-20)23(26)24-14-17-29-19-10-12-21(13-11-19)31(27,28)25-15-4-5-16-25/h6-13,22H,3-5,14-17H2,1-2H3,(H,24,26)/t22-/m0/s1. The van der Waals surface area contributed by atoms with Crippen molar-refractivity contribution in [1.82, 2.24) is 9.62 Å². The molecule has 8 heteroatoms. The van der Waals surface area contributed by atoms with Gasteiger partial charge < -0.3 is 14.8 Å². The highest BCUT2D eigenvalue weighted by molar-refractivity contribution is 7.89. The lowest BCUT2D eigenvalue weighted by Gasteiger charge is -2.17. The van der Waals surface area contributed by atoms with E-state index in [1.165, 1.54) is 4.31 Å². The third kappa shape index (κ3) is 6.21. The topological polar surface area (TPSA) is 84.9 Å². The summed E-state index contributed by atoms with van der Waals surface area (Å²) >= 11 is 0. The van der Waals surface area contributed by atoms with Gasteiger partial charge in [-0.3, -0.25) is 4.79 Å². The molecule has 1 fully saturated rings. The number of hydrogen-bond donors (Lipinski definition) is 1. The molecular weight excluding hydrogens is 416 g/mol. The van der Waals surface area contributed by atoms with E-state index in [-0.39, 0.29) is 17.4 Å². The Kier molecular flexibility index (Phi) is 7.92. The van der Waals surface area contributed by atoms with Crippen molar-refractivity contribution in [1.29, 1.82) is 0 Å². The van der Waals surface area contributed by atoms with Gasteiger partial charge in [0.05, 0.1) is 11.4 Å². The molecule has 1 aliphatic heterocycles. The number of benzene rings is 2. The third-order valence-electron chi connectivity index (χ3n) is 5.16. The fourth-order valence-electron chi connectivity index (χ4n) is 3.35. The Morgan fingerprint density at radius 2 is 1.65 bits per heavy atom. The Morgan fingerprint density at radius 3 is 2.26 bits per heavy atom. The first-order valence-electron chi connectivity index (χ1n) is 10.6. The van der Waals surface area contributed by atoms with E-state index in [9.17, 15) is 13.2 Å². The minimum atomic E-state index is -3.43. The molecule has 0 saturated carbocycles. The van der Waals surface area contributed by atoms with Crippen molar-refractivity contribution in [2.75, 3.05) is 26.2 Å². The molecular formula is C23H30N2O5S. The normalized spacial score (nSPS) is 15.4. The van der Waals surface area contributed by atoms with Crippen molar-refractivity contribution in [3.05, 3.63) is 54.1 Å². The van der Waals surface area contributed by atoms with Gasteiger partial charge >= 0.3 is 0 Å². The van der Waals surface area contributed by atoms with Crippen molar-refractivity contribution >= 4 is 15.9 Å². The van der Waals surface area contributed by atoms with E-state index in [1.54, 1.807) is 24.3 Å². The number of nitrogens with zero attached hydrogens (tertiary/aromatic N) is 1. The Bertz CT molecular complexity index is 952. The largest absolute Gasteiger partial charge is 0.492 e. The van der Waals surface area contributed by atoms with Crippen molar-refractivity contribution in [2.24, 2.45) is 0 Å². The van der Waals surface area contributed by atoms with Gasteiger partial charge in [0.2, 0.25) is 10.0 Å². The molecule has 3 rings (SSSR count). The summed E-state index contributed by atoms with van der Waals surface area (Å²) in [5.41, 5.74) is 1.13. The molecule has 0 unspecified atom stereocenters. The van der Waals surface area contributed by atoms with Crippen LogP contribution in [-0.4, -0.2) is 51.0 Å². The van der Waals surface area contributed by atoms with E-state index in [1.807, 2.05) is 38.1 Å². The number of rotatable bonds is 10. The Balaban J connectivity index is 1.44. The molecule has 0 aliphatic carbocycles. The van der Waals surface area contributed by atoms with E-state index in [2.05, 4.69) is 5.32 Å². The number of sulfonamides is 1. The van der Waals surface area contributed by atoms with Crippen LogP contribution in [0.15, 0.2) is 53.4 Å². The summed E-state index contributed by atoms with van der Waals surface area (Å²) in [7, 11) is -3.43. The average molecular weight is 447 g/mol. The number of nitrogens with one attached hydrogen (secondary N) is 1. The Labute approximate surface area is 184 Å². The molecule has 0 aromatic heterocycles. The monoisotopic (exact) mass is 446 g/mol. The highest BCUT2D eigenvalue weighted by Crippen LogP contribution is 2.23. The fraction of sp³-hybridized carbons (Fsp3) is 0.435. The lowest BCUT2D eigenvalue weighted by atomic mass is 10.2. The van der Waals surface area contributed by atoms with Crippen molar-refractivity contribution in [2.45, 2.75) is 44.1 Å². The molecule has 7 nitrogen and oxygen atoms in total. The molecule has 1 saturated heterocycles. The van der Waals surface area contributed by atoms with Crippen LogP contribution in [0.25, 0.3) is 0 Å². The van der Waals surface area contributed by atoms with E-state index in [4.69, 9.17) is 9.47 Å². The quantitative estimate of drug-likeness (QED) is 0.567. The van der Waals surface area contributed by atoms with Crippen LogP contribution in [0, 0.1) is 6.92 Å². The third-order valence-corrected chi connectivity index (χ3v) is 7.07. The highest BCUT2D eigenvalue weighted by Gasteiger charge is 2.27. The number of hydrogen-bond acceptors (Lipinski definition) is 5. The number of ether oxygens (including phenoxy) is 2. The molecule has 1 amide bonds. The zero-order valence-corrected chi connectivity index (χ0v) is 18.9. The van der Waals surface area contributed by atoms with Crippen LogP contribution in [0.5, 0.6) is 11.5 Å². The second kappa shape index (κ2) is 10.6. The minimum Gasteiger partial charge on any atom is -0.492 e. The number of amides is 1. The molecule has 1 aliphatic rings. The zero-order valence-electron chi connectivity index (χ0n) is 18.0. The number of carbonyl (C=O) groups is 1. The van der Waals surface area contributed by atoms with Crippen LogP contribution in [0.1, 0.15) is 31.7 Å². The second-order valence-corrected chi connectivity index (χ2v) is 9.49. The maximum absolute atomic E-state index is 12.5. The summed E-state index contributed by atoms with van der Waals surface area (Å²) < 4.78 is 38.0. The first-order valence-corrected chi connectivity index (χ1v) is 12.1.